The summed E-state index contributed by atoms with van der Waals surface area (Å²) in [5, 5.41) is 15.7. The third-order valence-electron chi connectivity index (χ3n) is 5.73. The third-order valence-corrected chi connectivity index (χ3v) is 5.73. The summed E-state index contributed by atoms with van der Waals surface area (Å²) in [7, 11) is 0. The van der Waals surface area contributed by atoms with Gasteiger partial charge in [0.1, 0.15) is 17.3 Å². The molecule has 2 aliphatic rings. The standard InChI is InChI=1S/C20H23N5O/c26-20(14-2-1-10-21-12-14)8-5-15(6-9-20)23-19-16-7-11-22-18(16)24-17(25-19)13-3-4-13/h1-2,7,10-13,15,26H,3-6,8-9H2,(H2,22,23,24,25). The summed E-state index contributed by atoms with van der Waals surface area (Å²) in [5.41, 5.74) is 1.07. The molecule has 134 valence electrons. The van der Waals surface area contributed by atoms with Crippen LogP contribution in [0.1, 0.15) is 55.8 Å². The van der Waals surface area contributed by atoms with E-state index in [4.69, 9.17) is 4.98 Å². The summed E-state index contributed by atoms with van der Waals surface area (Å²) in [5.74, 6) is 2.39. The first kappa shape index (κ1) is 15.8. The van der Waals surface area contributed by atoms with Crippen molar-refractivity contribution in [3.8, 4) is 0 Å². The molecule has 26 heavy (non-hydrogen) atoms. The summed E-state index contributed by atoms with van der Waals surface area (Å²) in [4.78, 5) is 16.8. The van der Waals surface area contributed by atoms with Crippen molar-refractivity contribution in [1.29, 1.82) is 0 Å². The van der Waals surface area contributed by atoms with Crippen LogP contribution in [0.3, 0.4) is 0 Å². The topological polar surface area (TPSA) is 86.7 Å². The van der Waals surface area contributed by atoms with E-state index in [0.29, 0.717) is 12.0 Å². The minimum Gasteiger partial charge on any atom is -0.385 e. The van der Waals surface area contributed by atoms with Crippen molar-refractivity contribution in [1.82, 2.24) is 19.9 Å². The van der Waals surface area contributed by atoms with Gasteiger partial charge >= 0.3 is 0 Å². The van der Waals surface area contributed by atoms with Gasteiger partial charge in [0, 0.05) is 36.1 Å². The molecule has 3 heterocycles. The minimum atomic E-state index is -0.763. The van der Waals surface area contributed by atoms with Gasteiger partial charge in [0.25, 0.3) is 0 Å². The molecule has 0 aromatic carbocycles. The van der Waals surface area contributed by atoms with Gasteiger partial charge in [0.15, 0.2) is 0 Å². The van der Waals surface area contributed by atoms with E-state index in [9.17, 15) is 5.11 Å². The Bertz CT molecular complexity index is 910. The van der Waals surface area contributed by atoms with Crippen LogP contribution in [0.25, 0.3) is 11.0 Å². The highest BCUT2D eigenvalue weighted by atomic mass is 16.3. The molecule has 0 radical (unpaired) electrons. The molecule has 3 aromatic heterocycles. The second-order valence-corrected chi connectivity index (χ2v) is 7.64. The highest BCUT2D eigenvalue weighted by Gasteiger charge is 2.35. The van der Waals surface area contributed by atoms with Crippen molar-refractivity contribution >= 4 is 16.9 Å². The molecule has 2 saturated carbocycles. The van der Waals surface area contributed by atoms with E-state index < -0.39 is 5.60 Å². The number of nitrogens with zero attached hydrogens (tertiary/aromatic N) is 3. The summed E-state index contributed by atoms with van der Waals surface area (Å²) < 4.78 is 0. The Kier molecular flexibility index (Phi) is 3.67. The lowest BCUT2D eigenvalue weighted by Gasteiger charge is -2.36. The van der Waals surface area contributed by atoms with Gasteiger partial charge < -0.3 is 15.4 Å². The molecule has 6 heteroatoms. The van der Waals surface area contributed by atoms with Gasteiger partial charge in [-0.15, -0.1) is 0 Å². The number of hydrogen-bond acceptors (Lipinski definition) is 5. The number of nitrogens with one attached hydrogen (secondary N) is 2. The molecule has 0 atom stereocenters. The molecule has 0 unspecified atom stereocenters. The van der Waals surface area contributed by atoms with Gasteiger partial charge in [-0.3, -0.25) is 4.98 Å². The number of hydrogen-bond donors (Lipinski definition) is 3. The maximum Gasteiger partial charge on any atom is 0.143 e. The number of aromatic nitrogens is 4. The van der Waals surface area contributed by atoms with Crippen LogP contribution in [0.5, 0.6) is 0 Å². The molecule has 2 fully saturated rings. The van der Waals surface area contributed by atoms with E-state index in [-0.39, 0.29) is 0 Å². The van der Waals surface area contributed by atoms with Crippen molar-refractivity contribution in [2.45, 2.75) is 56.1 Å². The average molecular weight is 349 g/mol. The predicted molar refractivity (Wildman–Crippen MR) is 99.9 cm³/mol. The van der Waals surface area contributed by atoms with Crippen LogP contribution in [0.4, 0.5) is 5.82 Å². The fourth-order valence-corrected chi connectivity index (χ4v) is 3.95. The minimum absolute atomic E-state index is 0.312. The summed E-state index contributed by atoms with van der Waals surface area (Å²) in [6, 6.07) is 6.20. The van der Waals surface area contributed by atoms with Crippen molar-refractivity contribution in [2.75, 3.05) is 5.32 Å². The number of H-pyrrole nitrogens is 1. The van der Waals surface area contributed by atoms with Gasteiger partial charge in [-0.1, -0.05) is 6.07 Å². The Hall–Kier alpha value is -2.47. The molecule has 0 amide bonds. The van der Waals surface area contributed by atoms with Crippen molar-refractivity contribution in [2.24, 2.45) is 0 Å². The summed E-state index contributed by atoms with van der Waals surface area (Å²) in [6.07, 6.45) is 11.1. The fraction of sp³-hybridized carbons (Fsp3) is 0.450. The Morgan fingerprint density at radius 1 is 1.12 bits per heavy atom. The molecule has 3 N–H and O–H groups in total. The van der Waals surface area contributed by atoms with E-state index in [1.165, 1.54) is 12.8 Å². The number of pyridine rings is 1. The quantitative estimate of drug-likeness (QED) is 0.671. The average Bonchev–Trinajstić information content (AvgIpc) is 3.42. The number of fused-ring (bicyclic) bond motifs is 1. The zero-order valence-electron chi connectivity index (χ0n) is 14.7. The molecule has 0 bridgehead atoms. The Balaban J connectivity index is 1.34. The van der Waals surface area contributed by atoms with Crippen molar-refractivity contribution < 1.29 is 5.11 Å². The lowest BCUT2D eigenvalue weighted by Crippen LogP contribution is -2.36. The molecule has 6 nitrogen and oxygen atoms in total. The second-order valence-electron chi connectivity index (χ2n) is 7.64. The molecule has 2 aliphatic carbocycles. The van der Waals surface area contributed by atoms with Crippen LogP contribution in [-0.2, 0) is 5.60 Å². The molecule has 3 aromatic rings. The molecule has 0 saturated heterocycles. The maximum atomic E-state index is 11.0. The first-order valence-electron chi connectivity index (χ1n) is 9.46. The van der Waals surface area contributed by atoms with Crippen LogP contribution < -0.4 is 5.32 Å². The zero-order valence-corrected chi connectivity index (χ0v) is 14.7. The van der Waals surface area contributed by atoms with Gasteiger partial charge in [-0.25, -0.2) is 9.97 Å². The second kappa shape index (κ2) is 6.06. The van der Waals surface area contributed by atoms with Gasteiger partial charge in [-0.05, 0) is 50.7 Å². The van der Waals surface area contributed by atoms with E-state index in [1.54, 1.807) is 12.4 Å². The molecule has 5 rings (SSSR count). The van der Waals surface area contributed by atoms with Crippen LogP contribution in [0.2, 0.25) is 0 Å². The Morgan fingerprint density at radius 2 is 1.96 bits per heavy atom. The first-order valence-corrected chi connectivity index (χ1v) is 9.46. The number of rotatable bonds is 4. The first-order chi connectivity index (χ1) is 12.7. The van der Waals surface area contributed by atoms with Crippen LogP contribution in [0.15, 0.2) is 36.8 Å². The molecule has 0 aliphatic heterocycles. The molecular formula is C20H23N5O. The highest BCUT2D eigenvalue weighted by Crippen LogP contribution is 2.40. The van der Waals surface area contributed by atoms with Crippen LogP contribution >= 0.6 is 0 Å². The van der Waals surface area contributed by atoms with Crippen LogP contribution in [-0.4, -0.2) is 31.1 Å². The summed E-state index contributed by atoms with van der Waals surface area (Å²) in [6.45, 7) is 0. The number of aromatic amines is 1. The lowest BCUT2D eigenvalue weighted by molar-refractivity contribution is -0.00362. The van der Waals surface area contributed by atoms with Gasteiger partial charge in [-0.2, -0.15) is 0 Å². The Morgan fingerprint density at radius 3 is 2.69 bits per heavy atom. The van der Waals surface area contributed by atoms with E-state index in [1.807, 2.05) is 24.4 Å². The van der Waals surface area contributed by atoms with Gasteiger partial charge in [0.2, 0.25) is 0 Å². The SMILES string of the molecule is OC1(c2cccnc2)CCC(Nc2nc(C3CC3)nc3[nH]ccc23)CC1. The van der Waals surface area contributed by atoms with E-state index in [2.05, 4.69) is 20.3 Å². The van der Waals surface area contributed by atoms with Gasteiger partial charge in [0.05, 0.1) is 11.0 Å². The maximum absolute atomic E-state index is 11.0. The monoisotopic (exact) mass is 349 g/mol. The normalized spacial score (nSPS) is 26.1. The smallest absolute Gasteiger partial charge is 0.143 e. The Labute approximate surface area is 152 Å². The highest BCUT2D eigenvalue weighted by molar-refractivity contribution is 5.87. The largest absolute Gasteiger partial charge is 0.385 e. The van der Waals surface area contributed by atoms with Crippen LogP contribution in [0, 0.1) is 0 Å². The van der Waals surface area contributed by atoms with Crippen molar-refractivity contribution in [3.63, 3.8) is 0 Å². The van der Waals surface area contributed by atoms with E-state index in [0.717, 1.165) is 53.9 Å². The molecular weight excluding hydrogens is 326 g/mol. The van der Waals surface area contributed by atoms with E-state index >= 15 is 0 Å². The fourth-order valence-electron chi connectivity index (χ4n) is 3.95. The third kappa shape index (κ3) is 2.84. The molecule has 0 spiro atoms. The number of anilines is 1. The summed E-state index contributed by atoms with van der Waals surface area (Å²) >= 11 is 0. The zero-order chi connectivity index (χ0) is 17.6. The van der Waals surface area contributed by atoms with Crippen molar-refractivity contribution in [3.05, 3.63) is 48.2 Å². The number of aliphatic hydroxyl groups is 1. The lowest BCUT2D eigenvalue weighted by atomic mass is 9.78. The predicted octanol–water partition coefficient (Wildman–Crippen LogP) is 3.47.